The van der Waals surface area contributed by atoms with Crippen LogP contribution in [-0.4, -0.2) is 82.8 Å². The zero-order chi connectivity index (χ0) is 25.2. The summed E-state index contributed by atoms with van der Waals surface area (Å²) in [7, 11) is 0. The molecule has 0 radical (unpaired) electrons. The van der Waals surface area contributed by atoms with E-state index in [1.807, 2.05) is 12.1 Å². The SMILES string of the molecule is CC(=NC(C)(C)C#N)C(=CN)Nc1ncc2cc(Cl)c(N3CCN(C4COCC4O)CC3)cc2n1. The number of rotatable bonds is 6. The number of benzene rings is 1. The van der Waals surface area contributed by atoms with Crippen LogP contribution in [0.5, 0.6) is 0 Å². The summed E-state index contributed by atoms with van der Waals surface area (Å²) in [5.74, 6) is 0.367. The van der Waals surface area contributed by atoms with Gasteiger partial charge in [0.1, 0.15) is 5.54 Å². The Bertz CT molecular complexity index is 1180. The van der Waals surface area contributed by atoms with Crippen molar-refractivity contribution in [2.24, 2.45) is 10.7 Å². The highest BCUT2D eigenvalue weighted by molar-refractivity contribution is 6.34. The Balaban J connectivity index is 1.52. The summed E-state index contributed by atoms with van der Waals surface area (Å²) in [4.78, 5) is 18.0. The number of allylic oxidation sites excluding steroid dienone is 1. The number of nitrogens with one attached hydrogen (secondary N) is 1. The van der Waals surface area contributed by atoms with Crippen molar-refractivity contribution in [1.29, 1.82) is 5.26 Å². The van der Waals surface area contributed by atoms with Gasteiger partial charge in [0, 0.05) is 44.0 Å². The second-order valence-electron chi connectivity index (χ2n) is 9.32. The zero-order valence-electron chi connectivity index (χ0n) is 20.2. The van der Waals surface area contributed by atoms with Gasteiger partial charge in [-0.25, -0.2) is 9.97 Å². The number of nitrogens with zero attached hydrogens (tertiary/aromatic N) is 6. The second kappa shape index (κ2) is 10.3. The molecule has 0 bridgehead atoms. The van der Waals surface area contributed by atoms with E-state index >= 15 is 0 Å². The lowest BCUT2D eigenvalue weighted by Crippen LogP contribution is -2.53. The van der Waals surface area contributed by atoms with Crippen molar-refractivity contribution in [3.05, 3.63) is 35.2 Å². The van der Waals surface area contributed by atoms with E-state index in [9.17, 15) is 10.4 Å². The molecule has 1 aromatic heterocycles. The van der Waals surface area contributed by atoms with Gasteiger partial charge < -0.3 is 25.8 Å². The standard InChI is InChI=1S/C24H31ClN8O2/c1-15(31-24(2,3)14-27)19(10-26)30-23-28-11-16-8-17(25)20(9-18(16)29-23)32-4-6-33(7-5-32)21-12-35-13-22(21)34/h8-11,21-22,34H,4-7,12-13,26H2,1-3H3,(H,28,29,30). The summed E-state index contributed by atoms with van der Waals surface area (Å²) >= 11 is 6.63. The lowest BCUT2D eigenvalue weighted by Gasteiger charge is -2.39. The van der Waals surface area contributed by atoms with Gasteiger partial charge >= 0.3 is 0 Å². The van der Waals surface area contributed by atoms with Gasteiger partial charge in [-0.1, -0.05) is 11.6 Å². The largest absolute Gasteiger partial charge is 0.403 e. The molecule has 2 aliphatic heterocycles. The van der Waals surface area contributed by atoms with Crippen LogP contribution in [0.3, 0.4) is 0 Å². The number of anilines is 2. The summed E-state index contributed by atoms with van der Waals surface area (Å²) < 4.78 is 5.41. The van der Waals surface area contributed by atoms with E-state index in [1.165, 1.54) is 6.20 Å². The van der Waals surface area contributed by atoms with Gasteiger partial charge in [0.2, 0.25) is 5.95 Å². The van der Waals surface area contributed by atoms with E-state index < -0.39 is 11.6 Å². The molecule has 4 N–H and O–H groups in total. The number of ether oxygens (including phenoxy) is 1. The summed E-state index contributed by atoms with van der Waals surface area (Å²) in [5.41, 5.74) is 7.69. The maximum atomic E-state index is 10.1. The van der Waals surface area contributed by atoms with Crippen molar-refractivity contribution in [3.8, 4) is 6.07 Å². The van der Waals surface area contributed by atoms with Gasteiger partial charge in [-0.15, -0.1) is 0 Å². The highest BCUT2D eigenvalue weighted by Crippen LogP contribution is 2.32. The number of aliphatic hydroxyl groups is 1. The van der Waals surface area contributed by atoms with E-state index in [4.69, 9.17) is 22.1 Å². The summed E-state index contributed by atoms with van der Waals surface area (Å²) in [6, 6.07) is 6.05. The van der Waals surface area contributed by atoms with Crippen molar-refractivity contribution in [2.45, 2.75) is 38.5 Å². The van der Waals surface area contributed by atoms with Crippen molar-refractivity contribution in [2.75, 3.05) is 49.6 Å². The molecule has 0 saturated carbocycles. The summed E-state index contributed by atoms with van der Waals surface area (Å²) in [6.07, 6.45) is 2.67. The van der Waals surface area contributed by atoms with Crippen molar-refractivity contribution >= 4 is 39.9 Å². The topological polar surface area (TPSA) is 136 Å². The molecule has 11 heteroatoms. The van der Waals surface area contributed by atoms with Crippen LogP contribution in [0.15, 0.2) is 35.2 Å². The number of aliphatic hydroxyl groups excluding tert-OH is 1. The molecule has 1 aromatic carbocycles. The second-order valence-corrected chi connectivity index (χ2v) is 9.73. The van der Waals surface area contributed by atoms with Gasteiger partial charge in [0.15, 0.2) is 0 Å². The molecule has 2 fully saturated rings. The van der Waals surface area contributed by atoms with Crippen molar-refractivity contribution < 1.29 is 9.84 Å². The van der Waals surface area contributed by atoms with Crippen LogP contribution in [0.4, 0.5) is 11.6 Å². The number of nitrogens with two attached hydrogens (primary N) is 1. The fourth-order valence-electron chi connectivity index (χ4n) is 4.40. The molecule has 10 nitrogen and oxygen atoms in total. The Morgan fingerprint density at radius 1 is 1.34 bits per heavy atom. The Morgan fingerprint density at radius 3 is 2.71 bits per heavy atom. The maximum absolute atomic E-state index is 10.1. The lowest BCUT2D eigenvalue weighted by atomic mass is 10.1. The Labute approximate surface area is 210 Å². The highest BCUT2D eigenvalue weighted by Gasteiger charge is 2.33. The van der Waals surface area contributed by atoms with E-state index in [0.717, 1.165) is 42.8 Å². The average molecular weight is 499 g/mol. The molecule has 0 amide bonds. The fourth-order valence-corrected chi connectivity index (χ4v) is 4.69. The van der Waals surface area contributed by atoms with Crippen LogP contribution in [0.2, 0.25) is 5.02 Å². The molecule has 186 valence electrons. The van der Waals surface area contributed by atoms with Gasteiger partial charge in [0.05, 0.1) is 59.1 Å². The minimum Gasteiger partial charge on any atom is -0.403 e. The number of aliphatic imine (C=N–C) groups is 1. The fraction of sp³-hybridized carbons (Fsp3) is 0.500. The quantitative estimate of drug-likeness (QED) is 0.511. The van der Waals surface area contributed by atoms with E-state index in [1.54, 1.807) is 27.0 Å². The molecule has 4 rings (SSSR count). The normalized spacial score (nSPS) is 22.5. The first-order valence-corrected chi connectivity index (χ1v) is 12.0. The monoisotopic (exact) mass is 498 g/mol. The predicted octanol–water partition coefficient (Wildman–Crippen LogP) is 2.14. The highest BCUT2D eigenvalue weighted by atomic mass is 35.5. The molecule has 0 spiro atoms. The van der Waals surface area contributed by atoms with Gasteiger partial charge in [-0.3, -0.25) is 9.89 Å². The number of fused-ring (bicyclic) bond motifs is 1. The molecular weight excluding hydrogens is 468 g/mol. The first-order valence-electron chi connectivity index (χ1n) is 11.6. The number of nitriles is 1. The molecule has 2 saturated heterocycles. The number of hydrogen-bond acceptors (Lipinski definition) is 10. The van der Waals surface area contributed by atoms with Crippen molar-refractivity contribution in [3.63, 3.8) is 0 Å². The molecule has 2 aliphatic rings. The third-order valence-electron chi connectivity index (χ3n) is 6.32. The van der Waals surface area contributed by atoms with Crippen LogP contribution in [0.1, 0.15) is 20.8 Å². The number of aromatic nitrogens is 2. The number of hydrogen-bond donors (Lipinski definition) is 3. The number of piperazine rings is 1. The third-order valence-corrected chi connectivity index (χ3v) is 6.62. The van der Waals surface area contributed by atoms with E-state index in [2.05, 4.69) is 36.1 Å². The molecule has 2 unspecified atom stereocenters. The molecule has 2 aromatic rings. The summed E-state index contributed by atoms with van der Waals surface area (Å²) in [5, 5.41) is 24.0. The van der Waals surface area contributed by atoms with Crippen LogP contribution in [0.25, 0.3) is 10.9 Å². The molecule has 35 heavy (non-hydrogen) atoms. The van der Waals surface area contributed by atoms with Gasteiger partial charge in [0.25, 0.3) is 0 Å². The predicted molar refractivity (Wildman–Crippen MR) is 138 cm³/mol. The first kappa shape index (κ1) is 25.1. The van der Waals surface area contributed by atoms with Crippen LogP contribution in [0, 0.1) is 11.3 Å². The Hall–Kier alpha value is -2.97. The van der Waals surface area contributed by atoms with E-state index in [-0.39, 0.29) is 6.04 Å². The Kier molecular flexibility index (Phi) is 7.42. The number of halogens is 1. The Morgan fingerprint density at radius 2 is 2.09 bits per heavy atom. The van der Waals surface area contributed by atoms with Gasteiger partial charge in [-0.2, -0.15) is 5.26 Å². The molecule has 0 aliphatic carbocycles. The minimum atomic E-state index is -0.872. The lowest BCUT2D eigenvalue weighted by molar-refractivity contribution is 0.0785. The van der Waals surface area contributed by atoms with Gasteiger partial charge in [-0.05, 0) is 32.9 Å². The molecule has 3 heterocycles. The van der Waals surface area contributed by atoms with E-state index in [0.29, 0.717) is 35.6 Å². The summed E-state index contributed by atoms with van der Waals surface area (Å²) in [6.45, 7) is 9.42. The first-order chi connectivity index (χ1) is 16.7. The maximum Gasteiger partial charge on any atom is 0.227 e. The minimum absolute atomic E-state index is 0.0566. The molecule has 2 atom stereocenters. The average Bonchev–Trinajstić information content (AvgIpc) is 3.27. The third kappa shape index (κ3) is 5.65. The van der Waals surface area contributed by atoms with Crippen molar-refractivity contribution in [1.82, 2.24) is 14.9 Å². The molecular formula is C24H31ClN8O2. The zero-order valence-corrected chi connectivity index (χ0v) is 21.0. The smallest absolute Gasteiger partial charge is 0.227 e. The van der Waals surface area contributed by atoms with Crippen LogP contribution < -0.4 is 16.0 Å². The van der Waals surface area contributed by atoms with Crippen LogP contribution >= 0.6 is 11.6 Å². The van der Waals surface area contributed by atoms with Crippen LogP contribution in [-0.2, 0) is 4.74 Å².